The van der Waals surface area contributed by atoms with Gasteiger partial charge < -0.3 is 0 Å². The van der Waals surface area contributed by atoms with Crippen LogP contribution in [0.1, 0.15) is 23.6 Å². The van der Waals surface area contributed by atoms with Crippen molar-refractivity contribution in [1.82, 2.24) is 0 Å². The largest absolute Gasteiger partial charge is 0.272 e. The molecular formula is C16H12FNO2. The van der Waals surface area contributed by atoms with Crippen molar-refractivity contribution < 1.29 is 9.31 Å². The summed E-state index contributed by atoms with van der Waals surface area (Å²) in [5, 5.41) is 10.5. The van der Waals surface area contributed by atoms with Crippen LogP contribution in [0.2, 0.25) is 0 Å². The number of benzene rings is 2. The second-order valence-electron chi connectivity index (χ2n) is 4.22. The minimum Gasteiger partial charge on any atom is -0.258 e. The van der Waals surface area contributed by atoms with Gasteiger partial charge in [-0.05, 0) is 30.2 Å². The first-order valence-corrected chi connectivity index (χ1v) is 6.15. The van der Waals surface area contributed by atoms with E-state index >= 15 is 0 Å². The Bertz CT molecular complexity index is 697. The molecule has 2 rings (SSSR count). The van der Waals surface area contributed by atoms with Crippen LogP contribution in [0.15, 0.2) is 42.5 Å². The molecule has 2 aromatic carbocycles. The van der Waals surface area contributed by atoms with E-state index in [9.17, 15) is 14.5 Å². The highest BCUT2D eigenvalue weighted by atomic mass is 19.1. The summed E-state index contributed by atoms with van der Waals surface area (Å²) in [4.78, 5) is 9.87. The quantitative estimate of drug-likeness (QED) is 0.474. The molecule has 0 bridgehead atoms. The maximum Gasteiger partial charge on any atom is 0.272 e. The summed E-state index contributed by atoms with van der Waals surface area (Å²) in [6, 6.07) is 11.1. The van der Waals surface area contributed by atoms with Crippen LogP contribution in [0.3, 0.4) is 0 Å². The van der Waals surface area contributed by atoms with E-state index in [1.54, 1.807) is 0 Å². The molecule has 0 N–H and O–H groups in total. The SMILES string of the molecule is CCc1ccc(C#Cc2ccc([N+](=O)[O-])cc2F)cc1. The Morgan fingerprint density at radius 3 is 2.40 bits per heavy atom. The highest BCUT2D eigenvalue weighted by Gasteiger charge is 2.08. The van der Waals surface area contributed by atoms with Crippen LogP contribution in [0.5, 0.6) is 0 Å². The Labute approximate surface area is 116 Å². The van der Waals surface area contributed by atoms with Crippen molar-refractivity contribution in [3.05, 3.63) is 75.1 Å². The van der Waals surface area contributed by atoms with Gasteiger partial charge in [0.25, 0.3) is 5.69 Å². The van der Waals surface area contributed by atoms with Crippen LogP contribution in [0, 0.1) is 27.8 Å². The lowest BCUT2D eigenvalue weighted by atomic mass is 10.1. The number of nitro benzene ring substituents is 1. The first-order chi connectivity index (χ1) is 9.60. The Balaban J connectivity index is 2.25. The Kier molecular flexibility index (Phi) is 4.11. The molecule has 0 unspecified atom stereocenters. The Morgan fingerprint density at radius 2 is 1.85 bits per heavy atom. The van der Waals surface area contributed by atoms with E-state index in [4.69, 9.17) is 0 Å². The number of non-ortho nitro benzene ring substituents is 1. The van der Waals surface area contributed by atoms with E-state index in [1.165, 1.54) is 17.7 Å². The van der Waals surface area contributed by atoms with Gasteiger partial charge in [0, 0.05) is 11.6 Å². The third-order valence-electron chi connectivity index (χ3n) is 2.87. The molecule has 2 aromatic rings. The van der Waals surface area contributed by atoms with Gasteiger partial charge in [0.2, 0.25) is 0 Å². The highest BCUT2D eigenvalue weighted by Crippen LogP contribution is 2.15. The summed E-state index contributed by atoms with van der Waals surface area (Å²) < 4.78 is 13.6. The number of aryl methyl sites for hydroxylation is 1. The van der Waals surface area contributed by atoms with Crippen molar-refractivity contribution >= 4 is 5.69 Å². The fourth-order valence-electron chi connectivity index (χ4n) is 1.68. The number of hydrogen-bond acceptors (Lipinski definition) is 2. The van der Waals surface area contributed by atoms with Gasteiger partial charge in [0.15, 0.2) is 0 Å². The zero-order valence-corrected chi connectivity index (χ0v) is 10.9. The van der Waals surface area contributed by atoms with Gasteiger partial charge in [0.1, 0.15) is 5.82 Å². The summed E-state index contributed by atoms with van der Waals surface area (Å²) in [7, 11) is 0. The molecule has 0 aromatic heterocycles. The van der Waals surface area contributed by atoms with Gasteiger partial charge >= 0.3 is 0 Å². The third-order valence-corrected chi connectivity index (χ3v) is 2.87. The normalized spacial score (nSPS) is 9.70. The minimum atomic E-state index is -0.683. The van der Waals surface area contributed by atoms with Crippen molar-refractivity contribution in [2.45, 2.75) is 13.3 Å². The number of nitro groups is 1. The van der Waals surface area contributed by atoms with E-state index < -0.39 is 10.7 Å². The second kappa shape index (κ2) is 5.98. The lowest BCUT2D eigenvalue weighted by molar-refractivity contribution is -0.385. The maximum atomic E-state index is 13.6. The number of hydrogen-bond donors (Lipinski definition) is 0. The smallest absolute Gasteiger partial charge is 0.258 e. The molecule has 3 nitrogen and oxygen atoms in total. The van der Waals surface area contributed by atoms with Gasteiger partial charge in [-0.15, -0.1) is 0 Å². The summed E-state index contributed by atoms with van der Waals surface area (Å²) in [6.45, 7) is 2.06. The van der Waals surface area contributed by atoms with Crippen LogP contribution >= 0.6 is 0 Å². The molecule has 0 fully saturated rings. The van der Waals surface area contributed by atoms with Crippen molar-refractivity contribution in [3.8, 4) is 11.8 Å². The molecule has 0 aliphatic heterocycles. The zero-order valence-electron chi connectivity index (χ0n) is 10.9. The van der Waals surface area contributed by atoms with Crippen molar-refractivity contribution in [1.29, 1.82) is 0 Å². The van der Waals surface area contributed by atoms with Crippen LogP contribution in [-0.4, -0.2) is 4.92 Å². The molecule has 0 spiro atoms. The van der Waals surface area contributed by atoms with Gasteiger partial charge in [-0.3, -0.25) is 10.1 Å². The molecule has 0 radical (unpaired) electrons. The average Bonchev–Trinajstić information content (AvgIpc) is 2.46. The van der Waals surface area contributed by atoms with E-state index in [0.29, 0.717) is 0 Å². The molecule has 0 aliphatic rings. The van der Waals surface area contributed by atoms with E-state index in [0.717, 1.165) is 18.1 Å². The molecular weight excluding hydrogens is 257 g/mol. The fraction of sp³-hybridized carbons (Fsp3) is 0.125. The molecule has 0 amide bonds. The molecule has 0 atom stereocenters. The van der Waals surface area contributed by atoms with Crippen LogP contribution < -0.4 is 0 Å². The lowest BCUT2D eigenvalue weighted by Crippen LogP contribution is -1.91. The fourth-order valence-corrected chi connectivity index (χ4v) is 1.68. The number of halogens is 1. The van der Waals surface area contributed by atoms with Crippen molar-refractivity contribution in [2.24, 2.45) is 0 Å². The van der Waals surface area contributed by atoms with E-state index in [2.05, 4.69) is 18.8 Å². The van der Waals surface area contributed by atoms with Crippen molar-refractivity contribution in [3.63, 3.8) is 0 Å². The highest BCUT2D eigenvalue weighted by molar-refractivity contribution is 5.46. The molecule has 0 saturated heterocycles. The van der Waals surface area contributed by atoms with Crippen molar-refractivity contribution in [2.75, 3.05) is 0 Å². The topological polar surface area (TPSA) is 43.1 Å². The molecule has 4 heteroatoms. The zero-order chi connectivity index (χ0) is 14.5. The predicted molar refractivity (Wildman–Crippen MR) is 74.9 cm³/mol. The summed E-state index contributed by atoms with van der Waals surface area (Å²) in [6.07, 6.45) is 0.949. The summed E-state index contributed by atoms with van der Waals surface area (Å²) in [5.74, 6) is 4.84. The second-order valence-corrected chi connectivity index (χ2v) is 4.22. The van der Waals surface area contributed by atoms with E-state index in [-0.39, 0.29) is 11.3 Å². The monoisotopic (exact) mass is 269 g/mol. The lowest BCUT2D eigenvalue weighted by Gasteiger charge is -1.96. The first kappa shape index (κ1) is 13.8. The third kappa shape index (κ3) is 3.21. The van der Waals surface area contributed by atoms with Gasteiger partial charge in [-0.1, -0.05) is 30.9 Å². The van der Waals surface area contributed by atoms with Gasteiger partial charge in [0.05, 0.1) is 16.6 Å². The average molecular weight is 269 g/mol. The summed E-state index contributed by atoms with van der Waals surface area (Å²) in [5.41, 5.74) is 1.85. The minimum absolute atomic E-state index is 0.148. The first-order valence-electron chi connectivity index (χ1n) is 6.15. The van der Waals surface area contributed by atoms with E-state index in [1.807, 2.05) is 24.3 Å². The molecule has 100 valence electrons. The van der Waals surface area contributed by atoms with Gasteiger partial charge in [-0.25, -0.2) is 4.39 Å². The van der Waals surface area contributed by atoms with Crippen LogP contribution in [-0.2, 0) is 6.42 Å². The molecule has 20 heavy (non-hydrogen) atoms. The Hall–Kier alpha value is -2.67. The molecule has 0 aliphatic carbocycles. The predicted octanol–water partition coefficient (Wildman–Crippen LogP) is 3.70. The number of nitrogens with zero attached hydrogens (tertiary/aromatic N) is 1. The summed E-state index contributed by atoms with van der Waals surface area (Å²) >= 11 is 0. The Morgan fingerprint density at radius 1 is 1.15 bits per heavy atom. The molecule has 0 saturated carbocycles. The standard InChI is InChI=1S/C16H12FNO2/c1-2-12-3-5-13(6-4-12)7-8-14-9-10-15(18(19)20)11-16(14)17/h3-6,9-11H,2H2,1H3. The van der Waals surface area contributed by atoms with Crippen LogP contribution in [0.4, 0.5) is 10.1 Å². The van der Waals surface area contributed by atoms with Crippen LogP contribution in [0.25, 0.3) is 0 Å². The maximum absolute atomic E-state index is 13.6. The van der Waals surface area contributed by atoms with Gasteiger partial charge in [-0.2, -0.15) is 0 Å². The number of rotatable bonds is 2. The molecule has 0 heterocycles.